The molecule has 0 aromatic heterocycles. The van der Waals surface area contributed by atoms with E-state index in [1.165, 1.54) is 5.56 Å². The van der Waals surface area contributed by atoms with E-state index in [9.17, 15) is 22.4 Å². The number of unbranched alkanes of at least 4 members (excludes halogenated alkanes) is 1. The fourth-order valence-electron chi connectivity index (χ4n) is 3.42. The molecule has 2 aromatic rings. The fraction of sp³-hybridized carbons (Fsp3) is 0.364. The van der Waals surface area contributed by atoms with Crippen LogP contribution < -0.4 is 10.2 Å². The quantitative estimate of drug-likeness (QED) is 0.678. The molecule has 1 N–H and O–H groups in total. The number of nitrogens with zero attached hydrogens (tertiary/aromatic N) is 1. The lowest BCUT2D eigenvalue weighted by atomic mass is 10.1. The fourth-order valence-corrected chi connectivity index (χ4v) is 4.07. The maximum absolute atomic E-state index is 14.1. The van der Waals surface area contributed by atoms with Gasteiger partial charge in [-0.05, 0) is 48.7 Å². The summed E-state index contributed by atoms with van der Waals surface area (Å²) in [6, 6.07) is 10.9. The average Bonchev–Trinajstić information content (AvgIpc) is 3.09. The molecular weight excluding hydrogens is 407 g/mol. The first-order valence-corrected chi connectivity index (χ1v) is 11.8. The molecule has 0 spiro atoms. The zero-order valence-corrected chi connectivity index (χ0v) is 17.8. The minimum absolute atomic E-state index is 0.0107. The van der Waals surface area contributed by atoms with Crippen LogP contribution in [0.2, 0.25) is 0 Å². The summed E-state index contributed by atoms with van der Waals surface area (Å²) in [7, 11) is -3.54. The molecule has 8 heteroatoms. The first kappa shape index (κ1) is 22.0. The van der Waals surface area contributed by atoms with Crippen LogP contribution in [0.5, 0.6) is 0 Å². The number of halogens is 1. The van der Waals surface area contributed by atoms with Crippen LogP contribution in [0.3, 0.4) is 0 Å². The zero-order valence-electron chi connectivity index (χ0n) is 17.0. The lowest BCUT2D eigenvalue weighted by Crippen LogP contribution is -2.28. The van der Waals surface area contributed by atoms with Crippen LogP contribution in [-0.4, -0.2) is 33.0 Å². The van der Waals surface area contributed by atoms with Crippen LogP contribution in [0.4, 0.5) is 15.8 Å². The van der Waals surface area contributed by atoms with Crippen molar-refractivity contribution in [2.75, 3.05) is 23.0 Å². The van der Waals surface area contributed by atoms with Gasteiger partial charge in [0.1, 0.15) is 5.82 Å². The van der Waals surface area contributed by atoms with Crippen molar-refractivity contribution in [1.82, 2.24) is 0 Å². The van der Waals surface area contributed by atoms with E-state index < -0.39 is 27.5 Å². The Bertz CT molecular complexity index is 1050. The summed E-state index contributed by atoms with van der Waals surface area (Å²) < 4.78 is 37.4. The number of aryl methyl sites for hydroxylation is 1. The molecule has 160 valence electrons. The summed E-state index contributed by atoms with van der Waals surface area (Å²) in [5.74, 6) is -2.09. The molecule has 1 saturated heterocycles. The van der Waals surface area contributed by atoms with E-state index in [0.717, 1.165) is 49.4 Å². The van der Waals surface area contributed by atoms with Gasteiger partial charge in [0.05, 0.1) is 16.5 Å². The number of hydrogen-bond donors (Lipinski definition) is 1. The Morgan fingerprint density at radius 1 is 1.20 bits per heavy atom. The molecule has 2 amide bonds. The third kappa shape index (κ3) is 5.05. The number of amides is 2. The van der Waals surface area contributed by atoms with Crippen molar-refractivity contribution in [3.63, 3.8) is 0 Å². The summed E-state index contributed by atoms with van der Waals surface area (Å²) >= 11 is 0. The summed E-state index contributed by atoms with van der Waals surface area (Å²) in [6.45, 7) is 2.32. The van der Waals surface area contributed by atoms with Gasteiger partial charge in [0.15, 0.2) is 9.84 Å². The topological polar surface area (TPSA) is 83.6 Å². The highest BCUT2D eigenvalue weighted by molar-refractivity contribution is 7.90. The standard InChI is InChI=1S/C22H25FN2O4S/c1-3-4-5-15-6-8-17(9-7-15)25-14-16(12-21(25)26)22(27)24-20-13-18(30(2,28)29)10-11-19(20)23/h6-11,13,16H,3-5,12,14H2,1-2H3,(H,24,27). The number of carbonyl (C=O) groups excluding carboxylic acids is 2. The Morgan fingerprint density at radius 2 is 1.90 bits per heavy atom. The van der Waals surface area contributed by atoms with Gasteiger partial charge in [-0.3, -0.25) is 9.59 Å². The third-order valence-electron chi connectivity index (χ3n) is 5.19. The van der Waals surface area contributed by atoms with Crippen LogP contribution in [-0.2, 0) is 25.8 Å². The van der Waals surface area contributed by atoms with Crippen molar-refractivity contribution in [1.29, 1.82) is 0 Å². The predicted molar refractivity (Wildman–Crippen MR) is 114 cm³/mol. The lowest BCUT2D eigenvalue weighted by molar-refractivity contribution is -0.122. The number of anilines is 2. The SMILES string of the molecule is CCCCc1ccc(N2CC(C(=O)Nc3cc(S(C)(=O)=O)ccc3F)CC2=O)cc1. The van der Waals surface area contributed by atoms with Crippen LogP contribution in [0, 0.1) is 11.7 Å². The van der Waals surface area contributed by atoms with Crippen molar-refractivity contribution < 1.29 is 22.4 Å². The Hall–Kier alpha value is -2.74. The first-order chi connectivity index (χ1) is 14.2. The molecule has 1 fully saturated rings. The van der Waals surface area contributed by atoms with Gasteiger partial charge in [0.25, 0.3) is 0 Å². The van der Waals surface area contributed by atoms with Crippen molar-refractivity contribution in [3.05, 3.63) is 53.8 Å². The van der Waals surface area contributed by atoms with Crippen molar-refractivity contribution in [2.24, 2.45) is 5.92 Å². The molecule has 1 atom stereocenters. The summed E-state index contributed by atoms with van der Waals surface area (Å²) in [6.07, 6.45) is 4.20. The van der Waals surface area contributed by atoms with Gasteiger partial charge in [-0.1, -0.05) is 25.5 Å². The number of rotatable bonds is 7. The van der Waals surface area contributed by atoms with Crippen LogP contribution in [0.25, 0.3) is 0 Å². The molecule has 1 heterocycles. The highest BCUT2D eigenvalue weighted by Crippen LogP contribution is 2.27. The zero-order chi connectivity index (χ0) is 21.9. The second-order valence-corrected chi connectivity index (χ2v) is 9.59. The van der Waals surface area contributed by atoms with Gasteiger partial charge in [-0.2, -0.15) is 0 Å². The van der Waals surface area contributed by atoms with Gasteiger partial charge in [0.2, 0.25) is 11.8 Å². The number of benzene rings is 2. The first-order valence-electron chi connectivity index (χ1n) is 9.89. The van der Waals surface area contributed by atoms with Crippen LogP contribution in [0.15, 0.2) is 47.4 Å². The number of nitrogens with one attached hydrogen (secondary N) is 1. The Morgan fingerprint density at radius 3 is 2.53 bits per heavy atom. The van der Waals surface area contributed by atoms with E-state index in [0.29, 0.717) is 0 Å². The molecule has 30 heavy (non-hydrogen) atoms. The minimum atomic E-state index is -3.54. The smallest absolute Gasteiger partial charge is 0.229 e. The molecule has 1 aliphatic heterocycles. The summed E-state index contributed by atoms with van der Waals surface area (Å²) in [5.41, 5.74) is 1.71. The van der Waals surface area contributed by atoms with E-state index >= 15 is 0 Å². The average molecular weight is 433 g/mol. The molecule has 1 aliphatic rings. The molecule has 1 unspecified atom stereocenters. The maximum atomic E-state index is 14.1. The molecule has 0 aliphatic carbocycles. The second-order valence-electron chi connectivity index (χ2n) is 7.58. The van der Waals surface area contributed by atoms with E-state index in [1.54, 1.807) is 4.90 Å². The lowest BCUT2D eigenvalue weighted by Gasteiger charge is -2.17. The Balaban J connectivity index is 1.70. The highest BCUT2D eigenvalue weighted by atomic mass is 32.2. The van der Waals surface area contributed by atoms with E-state index in [2.05, 4.69) is 12.2 Å². The number of sulfone groups is 1. The third-order valence-corrected chi connectivity index (χ3v) is 6.30. The molecule has 0 radical (unpaired) electrons. The molecule has 0 bridgehead atoms. The van der Waals surface area contributed by atoms with Gasteiger partial charge in [-0.15, -0.1) is 0 Å². The largest absolute Gasteiger partial charge is 0.323 e. The molecular formula is C22H25FN2O4S. The summed E-state index contributed by atoms with van der Waals surface area (Å²) in [4.78, 5) is 26.5. The normalized spacial score (nSPS) is 16.7. The van der Waals surface area contributed by atoms with Gasteiger partial charge < -0.3 is 10.2 Å². The number of hydrogen-bond acceptors (Lipinski definition) is 4. The minimum Gasteiger partial charge on any atom is -0.323 e. The maximum Gasteiger partial charge on any atom is 0.229 e. The van der Waals surface area contributed by atoms with Crippen LogP contribution in [0.1, 0.15) is 31.7 Å². The van der Waals surface area contributed by atoms with Crippen molar-refractivity contribution >= 4 is 33.0 Å². The summed E-state index contributed by atoms with van der Waals surface area (Å²) in [5, 5.41) is 2.43. The van der Waals surface area contributed by atoms with Gasteiger partial charge in [-0.25, -0.2) is 12.8 Å². The molecule has 6 nitrogen and oxygen atoms in total. The Kier molecular flexibility index (Phi) is 6.55. The molecule has 0 saturated carbocycles. The highest BCUT2D eigenvalue weighted by Gasteiger charge is 2.35. The van der Waals surface area contributed by atoms with Gasteiger partial charge in [0, 0.05) is 24.9 Å². The molecule has 3 rings (SSSR count). The van der Waals surface area contributed by atoms with E-state index in [4.69, 9.17) is 0 Å². The van der Waals surface area contributed by atoms with Gasteiger partial charge >= 0.3 is 0 Å². The molecule has 2 aromatic carbocycles. The Labute approximate surface area is 176 Å². The van der Waals surface area contributed by atoms with Crippen LogP contribution >= 0.6 is 0 Å². The second kappa shape index (κ2) is 8.95. The van der Waals surface area contributed by atoms with Crippen molar-refractivity contribution in [2.45, 2.75) is 37.5 Å². The monoisotopic (exact) mass is 432 g/mol. The van der Waals surface area contributed by atoms with E-state index in [1.807, 2.05) is 24.3 Å². The van der Waals surface area contributed by atoms with E-state index in [-0.39, 0.29) is 29.5 Å². The number of carbonyl (C=O) groups is 2. The predicted octanol–water partition coefficient (Wildman–Crippen LogP) is 3.56. The van der Waals surface area contributed by atoms with Crippen molar-refractivity contribution in [3.8, 4) is 0 Å².